The quantitative estimate of drug-likeness (QED) is 0.164. The van der Waals surface area contributed by atoms with Crippen LogP contribution in [-0.2, 0) is 16.1 Å². The first-order valence-corrected chi connectivity index (χ1v) is 18.2. The molecule has 8 rings (SSSR count). The first-order valence-electron chi connectivity index (χ1n) is 18.2. The number of likely N-dealkylation sites (N-methyl/N-ethyl adjacent to an activating group) is 1. The number of hydrogen-bond donors (Lipinski definition) is 2. The van der Waals surface area contributed by atoms with Crippen molar-refractivity contribution in [3.05, 3.63) is 65.6 Å². The molecule has 2 saturated heterocycles. The Bertz CT molecular complexity index is 2010. The highest BCUT2D eigenvalue weighted by Crippen LogP contribution is 2.43. The van der Waals surface area contributed by atoms with Crippen LogP contribution in [0.3, 0.4) is 0 Å². The van der Waals surface area contributed by atoms with Gasteiger partial charge in [0.05, 0.1) is 39.7 Å². The molecule has 13 nitrogen and oxygen atoms in total. The summed E-state index contributed by atoms with van der Waals surface area (Å²) in [5.74, 6) is -1.49. The maximum Gasteiger partial charge on any atom is 0.262 e. The zero-order valence-electron chi connectivity index (χ0n) is 28.9. The second-order valence-corrected chi connectivity index (χ2v) is 14.2. The van der Waals surface area contributed by atoms with Crippen molar-refractivity contribution in [3.8, 4) is 11.3 Å². The van der Waals surface area contributed by atoms with Gasteiger partial charge in [-0.2, -0.15) is 5.10 Å². The van der Waals surface area contributed by atoms with Gasteiger partial charge in [0.2, 0.25) is 11.8 Å². The van der Waals surface area contributed by atoms with E-state index in [4.69, 9.17) is 15.1 Å². The van der Waals surface area contributed by atoms with Crippen LogP contribution in [0.25, 0.3) is 22.3 Å². The number of aryl methyl sites for hydroxylation is 1. The number of imide groups is 2. The van der Waals surface area contributed by atoms with Gasteiger partial charge < -0.3 is 15.1 Å². The number of hydrogen-bond acceptors (Lipinski definition) is 10. The second-order valence-electron chi connectivity index (χ2n) is 14.2. The molecule has 1 unspecified atom stereocenters. The Labute approximate surface area is 296 Å². The molecule has 2 N–H and O–H groups in total. The first kappa shape index (κ1) is 33.0. The summed E-state index contributed by atoms with van der Waals surface area (Å²) < 4.78 is 2.08. The van der Waals surface area contributed by atoms with Crippen LogP contribution in [-0.4, -0.2) is 99.0 Å². The predicted molar refractivity (Wildman–Crippen MR) is 193 cm³/mol. The molecule has 0 radical (unpaired) electrons. The van der Waals surface area contributed by atoms with Gasteiger partial charge in [-0.3, -0.25) is 39.1 Å². The zero-order valence-corrected chi connectivity index (χ0v) is 28.9. The van der Waals surface area contributed by atoms with Gasteiger partial charge in [-0.25, -0.2) is 4.98 Å². The maximum atomic E-state index is 13.1. The van der Waals surface area contributed by atoms with Crippen LogP contribution in [0.5, 0.6) is 0 Å². The SMILES string of the molecule is CN1CCN(c2ccc3ncc(-c4cn(CCCCCCNc5ccc6c(c5)C(=O)N(C5CCC(=O)NC5=O)C6=O)nc4C4CC4)nc3c2)CC1. The second kappa shape index (κ2) is 13.9. The van der Waals surface area contributed by atoms with Crippen molar-refractivity contribution in [3.63, 3.8) is 0 Å². The van der Waals surface area contributed by atoms with E-state index in [0.717, 1.165) is 104 Å². The minimum atomic E-state index is -0.965. The van der Waals surface area contributed by atoms with Crippen LogP contribution >= 0.6 is 0 Å². The van der Waals surface area contributed by atoms with E-state index in [9.17, 15) is 19.2 Å². The van der Waals surface area contributed by atoms with E-state index < -0.39 is 23.8 Å². The molecule has 4 amide bonds. The molecule has 2 aromatic heterocycles. The number of benzene rings is 2. The summed E-state index contributed by atoms with van der Waals surface area (Å²) in [6.45, 7) is 5.71. The molecular weight excluding hydrogens is 646 g/mol. The monoisotopic (exact) mass is 689 g/mol. The van der Waals surface area contributed by atoms with Gasteiger partial charge in [-0.15, -0.1) is 0 Å². The average Bonchev–Trinajstić information content (AvgIpc) is 3.85. The van der Waals surface area contributed by atoms with Gasteiger partial charge in [0.25, 0.3) is 11.8 Å². The zero-order chi connectivity index (χ0) is 35.1. The number of nitrogens with one attached hydrogen (secondary N) is 2. The van der Waals surface area contributed by atoms with Crippen molar-refractivity contribution in [2.75, 3.05) is 50.0 Å². The molecule has 2 aromatic carbocycles. The van der Waals surface area contributed by atoms with E-state index in [0.29, 0.717) is 5.92 Å². The summed E-state index contributed by atoms with van der Waals surface area (Å²) in [4.78, 5) is 65.6. The number of piperidine rings is 1. The molecule has 3 aliphatic heterocycles. The lowest BCUT2D eigenvalue weighted by Crippen LogP contribution is -2.54. The fourth-order valence-corrected chi connectivity index (χ4v) is 7.36. The summed E-state index contributed by atoms with van der Waals surface area (Å²) >= 11 is 0. The van der Waals surface area contributed by atoms with Crippen LogP contribution < -0.4 is 15.5 Å². The minimum absolute atomic E-state index is 0.0973. The van der Waals surface area contributed by atoms with Gasteiger partial charge in [-0.05, 0) is 75.5 Å². The third-order valence-corrected chi connectivity index (χ3v) is 10.5. The molecule has 264 valence electrons. The number of unbranched alkanes of at least 4 members (excludes halogenated alkanes) is 3. The molecule has 1 saturated carbocycles. The first-order chi connectivity index (χ1) is 24.8. The maximum absolute atomic E-state index is 13.1. The third kappa shape index (κ3) is 6.82. The molecule has 5 heterocycles. The van der Waals surface area contributed by atoms with E-state index in [-0.39, 0.29) is 29.9 Å². The van der Waals surface area contributed by atoms with E-state index >= 15 is 0 Å². The summed E-state index contributed by atoms with van der Waals surface area (Å²) in [6.07, 6.45) is 10.7. The summed E-state index contributed by atoms with van der Waals surface area (Å²) in [5.41, 5.74) is 7.46. The van der Waals surface area contributed by atoms with Crippen molar-refractivity contribution in [1.29, 1.82) is 0 Å². The lowest BCUT2D eigenvalue weighted by molar-refractivity contribution is -0.136. The van der Waals surface area contributed by atoms with Crippen LogP contribution in [0.1, 0.15) is 83.7 Å². The van der Waals surface area contributed by atoms with Crippen LogP contribution in [0.4, 0.5) is 11.4 Å². The number of fused-ring (bicyclic) bond motifs is 2. The number of amides is 4. The summed E-state index contributed by atoms with van der Waals surface area (Å²) in [6, 6.07) is 10.5. The van der Waals surface area contributed by atoms with Gasteiger partial charge in [-0.1, -0.05) is 12.8 Å². The lowest BCUT2D eigenvalue weighted by atomic mass is 10.0. The Morgan fingerprint density at radius 2 is 1.65 bits per heavy atom. The normalized spacial score (nSPS) is 19.6. The fourth-order valence-electron chi connectivity index (χ4n) is 7.36. The van der Waals surface area contributed by atoms with Gasteiger partial charge in [0.1, 0.15) is 6.04 Å². The number of carbonyl (C=O) groups is 4. The van der Waals surface area contributed by atoms with Crippen molar-refractivity contribution in [2.45, 2.75) is 69.9 Å². The molecule has 1 aliphatic carbocycles. The van der Waals surface area contributed by atoms with E-state index in [1.165, 1.54) is 18.5 Å². The highest BCUT2D eigenvalue weighted by molar-refractivity contribution is 6.23. The minimum Gasteiger partial charge on any atom is -0.385 e. The molecule has 4 aliphatic rings. The van der Waals surface area contributed by atoms with E-state index in [1.807, 2.05) is 6.20 Å². The Morgan fingerprint density at radius 3 is 2.45 bits per heavy atom. The molecule has 51 heavy (non-hydrogen) atoms. The Balaban J connectivity index is 0.833. The van der Waals surface area contributed by atoms with Gasteiger partial charge in [0.15, 0.2) is 0 Å². The van der Waals surface area contributed by atoms with Crippen molar-refractivity contribution in [1.82, 2.24) is 34.9 Å². The van der Waals surface area contributed by atoms with Crippen molar-refractivity contribution < 1.29 is 19.2 Å². The molecule has 13 heteroatoms. The molecule has 0 spiro atoms. The summed E-state index contributed by atoms with van der Waals surface area (Å²) in [7, 11) is 2.17. The number of anilines is 2. The van der Waals surface area contributed by atoms with Crippen molar-refractivity contribution in [2.24, 2.45) is 0 Å². The summed E-state index contributed by atoms with van der Waals surface area (Å²) in [5, 5.41) is 10.6. The standard InChI is InChI=1S/C38H43N9O4/c1-44-16-18-45(19-17-44)26-9-11-30-31(21-26)41-32(22-40-30)29-23-46(43-35(29)24-6-7-24)15-5-3-2-4-14-39-25-8-10-27-28(20-25)38(51)47(37(27)50)33-12-13-34(48)42-36(33)49/h8-11,20-24,33,39H,2-7,12-19H2,1H3,(H,42,48,49). The molecule has 3 fully saturated rings. The Hall–Kier alpha value is -5.17. The molecular formula is C38H43N9O4. The fraction of sp³-hybridized carbons (Fsp3) is 0.447. The number of carbonyl (C=O) groups excluding carboxylic acids is 4. The van der Waals surface area contributed by atoms with Gasteiger partial charge >= 0.3 is 0 Å². The highest BCUT2D eigenvalue weighted by Gasteiger charge is 2.44. The predicted octanol–water partition coefficient (Wildman–Crippen LogP) is 4.20. The van der Waals surface area contributed by atoms with Crippen LogP contribution in [0.15, 0.2) is 48.8 Å². The van der Waals surface area contributed by atoms with E-state index in [2.05, 4.69) is 56.6 Å². The van der Waals surface area contributed by atoms with Crippen LogP contribution in [0.2, 0.25) is 0 Å². The Morgan fingerprint density at radius 1 is 0.843 bits per heavy atom. The lowest BCUT2D eigenvalue weighted by Gasteiger charge is -2.34. The molecule has 4 aromatic rings. The van der Waals surface area contributed by atoms with Crippen molar-refractivity contribution >= 4 is 46.0 Å². The van der Waals surface area contributed by atoms with Crippen LogP contribution in [0, 0.1) is 0 Å². The number of aromatic nitrogens is 4. The molecule has 0 bridgehead atoms. The van der Waals surface area contributed by atoms with Gasteiger partial charge in [0, 0.05) is 74.7 Å². The molecule has 1 atom stereocenters. The number of nitrogens with zero attached hydrogens (tertiary/aromatic N) is 7. The topological polar surface area (TPSA) is 146 Å². The highest BCUT2D eigenvalue weighted by atomic mass is 16.2. The van der Waals surface area contributed by atoms with E-state index in [1.54, 1.807) is 18.2 Å². The number of piperazine rings is 1. The Kier molecular flexibility index (Phi) is 8.97. The number of rotatable bonds is 12. The largest absolute Gasteiger partial charge is 0.385 e. The third-order valence-electron chi connectivity index (χ3n) is 10.5. The average molecular weight is 690 g/mol. The smallest absolute Gasteiger partial charge is 0.262 e.